The van der Waals surface area contributed by atoms with Gasteiger partial charge in [0, 0.05) is 10.9 Å². The summed E-state index contributed by atoms with van der Waals surface area (Å²) in [5.41, 5.74) is 4.63. The number of nitrogens with one attached hydrogen (secondary N) is 1. The van der Waals surface area contributed by atoms with Gasteiger partial charge in [-0.25, -0.2) is 0 Å². The predicted octanol–water partition coefficient (Wildman–Crippen LogP) is 5.04. The number of hydrogen-bond donors (Lipinski definition) is 2. The standard InChI is InChI=1S/C23H19NO3/c25-22(26)14-20-19-8-4-5-9-21(19)24-23(20)17-10-12-18(13-11-17)27-15-16-6-2-1-3-7-16/h1-13,24H,14-15H2,(H,25,26). The number of carboxylic acids is 1. The first-order chi connectivity index (χ1) is 13.2. The number of ether oxygens (including phenoxy) is 1. The van der Waals surface area contributed by atoms with Crippen molar-refractivity contribution in [2.45, 2.75) is 13.0 Å². The Hall–Kier alpha value is -3.53. The summed E-state index contributed by atoms with van der Waals surface area (Å²) < 4.78 is 5.83. The lowest BCUT2D eigenvalue weighted by Crippen LogP contribution is -2.01. The summed E-state index contributed by atoms with van der Waals surface area (Å²) in [6.07, 6.45) is -0.0222. The van der Waals surface area contributed by atoms with E-state index in [0.29, 0.717) is 6.61 Å². The Morgan fingerprint density at radius 1 is 0.889 bits per heavy atom. The second kappa shape index (κ2) is 7.38. The Bertz CT molecular complexity index is 1070. The number of benzene rings is 3. The average molecular weight is 357 g/mol. The summed E-state index contributed by atoms with van der Waals surface area (Å²) in [4.78, 5) is 14.7. The molecule has 4 aromatic rings. The number of aromatic amines is 1. The van der Waals surface area contributed by atoms with Crippen molar-refractivity contribution in [2.24, 2.45) is 0 Å². The molecule has 4 nitrogen and oxygen atoms in total. The number of aliphatic carboxylic acids is 1. The minimum absolute atomic E-state index is 0.0222. The highest BCUT2D eigenvalue weighted by Gasteiger charge is 2.15. The number of H-pyrrole nitrogens is 1. The number of rotatable bonds is 6. The molecule has 3 aromatic carbocycles. The molecule has 0 fully saturated rings. The predicted molar refractivity (Wildman–Crippen MR) is 106 cm³/mol. The van der Waals surface area contributed by atoms with Gasteiger partial charge in [0.1, 0.15) is 12.4 Å². The first-order valence-electron chi connectivity index (χ1n) is 8.79. The molecule has 0 aliphatic rings. The third-order valence-corrected chi connectivity index (χ3v) is 4.53. The molecule has 0 bridgehead atoms. The van der Waals surface area contributed by atoms with E-state index in [4.69, 9.17) is 4.74 Å². The van der Waals surface area contributed by atoms with Gasteiger partial charge in [-0.3, -0.25) is 4.79 Å². The van der Waals surface area contributed by atoms with Crippen LogP contribution in [0, 0.1) is 0 Å². The van der Waals surface area contributed by atoms with Gasteiger partial charge in [-0.15, -0.1) is 0 Å². The summed E-state index contributed by atoms with van der Waals surface area (Å²) in [5.74, 6) is -0.0673. The number of carbonyl (C=O) groups is 1. The normalized spacial score (nSPS) is 10.8. The fourth-order valence-electron chi connectivity index (χ4n) is 3.24. The molecule has 2 N–H and O–H groups in total. The topological polar surface area (TPSA) is 62.3 Å². The van der Waals surface area contributed by atoms with E-state index in [1.54, 1.807) is 0 Å². The van der Waals surface area contributed by atoms with Crippen molar-refractivity contribution in [1.82, 2.24) is 4.98 Å². The van der Waals surface area contributed by atoms with Crippen LogP contribution in [0.5, 0.6) is 5.75 Å². The summed E-state index contributed by atoms with van der Waals surface area (Å²) >= 11 is 0. The van der Waals surface area contributed by atoms with Gasteiger partial charge in [0.2, 0.25) is 0 Å². The zero-order chi connectivity index (χ0) is 18.6. The number of aromatic nitrogens is 1. The number of carboxylic acid groups (broad SMARTS) is 1. The second-order valence-electron chi connectivity index (χ2n) is 6.39. The first-order valence-corrected chi connectivity index (χ1v) is 8.79. The molecule has 27 heavy (non-hydrogen) atoms. The molecule has 0 aliphatic carbocycles. The monoisotopic (exact) mass is 357 g/mol. The van der Waals surface area contributed by atoms with Gasteiger partial charge in [0.05, 0.1) is 12.1 Å². The lowest BCUT2D eigenvalue weighted by atomic mass is 10.0. The van der Waals surface area contributed by atoms with Crippen LogP contribution in [0.1, 0.15) is 11.1 Å². The quantitative estimate of drug-likeness (QED) is 0.508. The van der Waals surface area contributed by atoms with E-state index < -0.39 is 5.97 Å². The molecule has 0 spiro atoms. The van der Waals surface area contributed by atoms with Crippen molar-refractivity contribution >= 4 is 16.9 Å². The molecule has 0 radical (unpaired) electrons. The smallest absolute Gasteiger partial charge is 0.307 e. The Balaban J connectivity index is 1.61. The van der Waals surface area contributed by atoms with Gasteiger partial charge < -0.3 is 14.8 Å². The molecular weight excluding hydrogens is 338 g/mol. The molecule has 4 rings (SSSR count). The summed E-state index contributed by atoms with van der Waals surface area (Å²) in [6.45, 7) is 0.511. The van der Waals surface area contributed by atoms with Crippen LogP contribution in [0.3, 0.4) is 0 Å². The molecule has 0 amide bonds. The lowest BCUT2D eigenvalue weighted by molar-refractivity contribution is -0.136. The fourth-order valence-corrected chi connectivity index (χ4v) is 3.24. The molecule has 1 heterocycles. The highest BCUT2D eigenvalue weighted by Crippen LogP contribution is 2.31. The van der Waals surface area contributed by atoms with Gasteiger partial charge in [0.25, 0.3) is 0 Å². The van der Waals surface area contributed by atoms with Gasteiger partial charge in [0.15, 0.2) is 0 Å². The number of para-hydroxylation sites is 1. The summed E-state index contributed by atoms with van der Waals surface area (Å²) in [5, 5.41) is 10.2. The maximum Gasteiger partial charge on any atom is 0.307 e. The van der Waals surface area contributed by atoms with Gasteiger partial charge in [-0.05, 0) is 47.0 Å². The number of fused-ring (bicyclic) bond motifs is 1. The van der Waals surface area contributed by atoms with Crippen LogP contribution in [-0.4, -0.2) is 16.1 Å². The molecule has 0 unspecified atom stereocenters. The zero-order valence-electron chi connectivity index (χ0n) is 14.7. The van der Waals surface area contributed by atoms with E-state index in [1.165, 1.54) is 0 Å². The molecule has 134 valence electrons. The summed E-state index contributed by atoms with van der Waals surface area (Å²) in [6, 6.07) is 25.5. The van der Waals surface area contributed by atoms with Crippen molar-refractivity contribution < 1.29 is 14.6 Å². The van der Waals surface area contributed by atoms with Crippen LogP contribution in [0.4, 0.5) is 0 Å². The maximum atomic E-state index is 11.3. The van der Waals surface area contributed by atoms with Crippen LogP contribution in [-0.2, 0) is 17.8 Å². The van der Waals surface area contributed by atoms with Crippen molar-refractivity contribution in [3.05, 3.63) is 90.0 Å². The van der Waals surface area contributed by atoms with Gasteiger partial charge in [-0.1, -0.05) is 48.5 Å². The van der Waals surface area contributed by atoms with Crippen molar-refractivity contribution in [1.29, 1.82) is 0 Å². The summed E-state index contributed by atoms with van der Waals surface area (Å²) in [7, 11) is 0. The van der Waals surface area contributed by atoms with Crippen LogP contribution >= 0.6 is 0 Å². The fraction of sp³-hybridized carbons (Fsp3) is 0.0870. The van der Waals surface area contributed by atoms with E-state index in [1.807, 2.05) is 78.9 Å². The molecule has 1 aromatic heterocycles. The largest absolute Gasteiger partial charge is 0.489 e. The van der Waals surface area contributed by atoms with Crippen molar-refractivity contribution in [2.75, 3.05) is 0 Å². The number of hydrogen-bond acceptors (Lipinski definition) is 2. The highest BCUT2D eigenvalue weighted by atomic mass is 16.5. The van der Waals surface area contributed by atoms with E-state index in [9.17, 15) is 9.90 Å². The zero-order valence-corrected chi connectivity index (χ0v) is 14.7. The Morgan fingerprint density at radius 3 is 2.33 bits per heavy atom. The molecule has 0 saturated carbocycles. The SMILES string of the molecule is O=C(O)Cc1c(-c2ccc(OCc3ccccc3)cc2)[nH]c2ccccc12. The minimum atomic E-state index is -0.844. The molecule has 0 aliphatic heterocycles. The minimum Gasteiger partial charge on any atom is -0.489 e. The maximum absolute atomic E-state index is 11.3. The van der Waals surface area contributed by atoms with Crippen LogP contribution in [0.25, 0.3) is 22.2 Å². The Kier molecular flexibility index (Phi) is 4.62. The molecular formula is C23H19NO3. The van der Waals surface area contributed by atoms with Crippen molar-refractivity contribution in [3.8, 4) is 17.0 Å². The van der Waals surface area contributed by atoms with Crippen LogP contribution in [0.15, 0.2) is 78.9 Å². The molecule has 0 saturated heterocycles. The third-order valence-electron chi connectivity index (χ3n) is 4.53. The highest BCUT2D eigenvalue weighted by molar-refractivity contribution is 5.93. The van der Waals surface area contributed by atoms with Gasteiger partial charge >= 0.3 is 5.97 Å². The Labute approximate surface area is 157 Å². The van der Waals surface area contributed by atoms with Crippen LogP contribution < -0.4 is 4.74 Å². The van der Waals surface area contributed by atoms with E-state index in [2.05, 4.69) is 4.98 Å². The molecule has 0 atom stereocenters. The van der Waals surface area contributed by atoms with E-state index in [-0.39, 0.29) is 6.42 Å². The van der Waals surface area contributed by atoms with E-state index >= 15 is 0 Å². The first kappa shape index (κ1) is 16.9. The second-order valence-corrected chi connectivity index (χ2v) is 6.39. The van der Waals surface area contributed by atoms with Crippen LogP contribution in [0.2, 0.25) is 0 Å². The van der Waals surface area contributed by atoms with Gasteiger partial charge in [-0.2, -0.15) is 0 Å². The lowest BCUT2D eigenvalue weighted by Gasteiger charge is -2.08. The Morgan fingerprint density at radius 2 is 1.59 bits per heavy atom. The van der Waals surface area contributed by atoms with Crippen molar-refractivity contribution in [3.63, 3.8) is 0 Å². The average Bonchev–Trinajstić information content (AvgIpc) is 3.06. The molecule has 4 heteroatoms. The third kappa shape index (κ3) is 3.70. The van der Waals surface area contributed by atoms with E-state index in [0.717, 1.165) is 39.0 Å².